The monoisotopic (exact) mass is 249 g/mol. The molecular formula is C15H23NO2. The minimum atomic E-state index is -0.0871. The third kappa shape index (κ3) is 2.56. The van der Waals surface area contributed by atoms with Crippen LogP contribution in [0.5, 0.6) is 5.75 Å². The first-order valence-electron chi connectivity index (χ1n) is 6.36. The van der Waals surface area contributed by atoms with Gasteiger partial charge in [-0.3, -0.25) is 4.79 Å². The molecule has 0 heterocycles. The number of ether oxygens (including phenoxy) is 1. The predicted octanol–water partition coefficient (Wildman–Crippen LogP) is 2.79. The number of rotatable bonds is 5. The van der Waals surface area contributed by atoms with Crippen LogP contribution >= 0.6 is 0 Å². The highest BCUT2D eigenvalue weighted by molar-refractivity contribution is 6.00. The molecule has 0 amide bonds. The average Bonchev–Trinajstić information content (AvgIpc) is 2.35. The number of carbonyl (C=O) groups is 1. The maximum absolute atomic E-state index is 12.4. The zero-order valence-corrected chi connectivity index (χ0v) is 12.0. The van der Waals surface area contributed by atoms with E-state index in [2.05, 4.69) is 0 Å². The van der Waals surface area contributed by atoms with Gasteiger partial charge in [0.1, 0.15) is 5.75 Å². The quantitative estimate of drug-likeness (QED) is 0.816. The van der Waals surface area contributed by atoms with Crippen molar-refractivity contribution in [1.29, 1.82) is 0 Å². The molecule has 100 valence electrons. The van der Waals surface area contributed by atoms with Crippen molar-refractivity contribution in [3.05, 3.63) is 28.3 Å². The van der Waals surface area contributed by atoms with Crippen molar-refractivity contribution in [2.75, 3.05) is 13.7 Å². The molecule has 1 atom stereocenters. The molecule has 18 heavy (non-hydrogen) atoms. The smallest absolute Gasteiger partial charge is 0.167 e. The second-order valence-corrected chi connectivity index (χ2v) is 4.73. The molecule has 1 unspecified atom stereocenters. The summed E-state index contributed by atoms with van der Waals surface area (Å²) in [6.07, 6.45) is 0.777. The number of benzene rings is 1. The predicted molar refractivity (Wildman–Crippen MR) is 74.4 cm³/mol. The number of hydrogen-bond acceptors (Lipinski definition) is 3. The number of Topliss-reactive ketones (excluding diaryl/α,β-unsaturated/α-hetero) is 1. The van der Waals surface area contributed by atoms with E-state index in [9.17, 15) is 4.79 Å². The lowest BCUT2D eigenvalue weighted by atomic mass is 9.89. The van der Waals surface area contributed by atoms with Crippen molar-refractivity contribution in [2.24, 2.45) is 11.7 Å². The lowest BCUT2D eigenvalue weighted by Gasteiger charge is -2.18. The number of ketones is 1. The summed E-state index contributed by atoms with van der Waals surface area (Å²) >= 11 is 0. The van der Waals surface area contributed by atoms with E-state index in [1.54, 1.807) is 7.11 Å². The van der Waals surface area contributed by atoms with Gasteiger partial charge in [0.05, 0.1) is 7.11 Å². The van der Waals surface area contributed by atoms with Crippen LogP contribution < -0.4 is 10.5 Å². The Kier molecular flexibility index (Phi) is 4.91. The van der Waals surface area contributed by atoms with Gasteiger partial charge in [0.15, 0.2) is 5.78 Å². The summed E-state index contributed by atoms with van der Waals surface area (Å²) < 4.78 is 5.37. The van der Waals surface area contributed by atoms with Crippen molar-refractivity contribution in [2.45, 2.75) is 34.1 Å². The van der Waals surface area contributed by atoms with Gasteiger partial charge in [0.2, 0.25) is 0 Å². The van der Waals surface area contributed by atoms with E-state index in [0.29, 0.717) is 6.54 Å². The fourth-order valence-electron chi connectivity index (χ4n) is 2.31. The second-order valence-electron chi connectivity index (χ2n) is 4.73. The first kappa shape index (κ1) is 14.7. The van der Waals surface area contributed by atoms with Crippen molar-refractivity contribution >= 4 is 5.78 Å². The Balaban J connectivity index is 3.31. The Bertz CT molecular complexity index is 448. The highest BCUT2D eigenvalue weighted by Crippen LogP contribution is 2.30. The normalized spacial score (nSPS) is 12.3. The summed E-state index contributed by atoms with van der Waals surface area (Å²) in [6.45, 7) is 8.31. The van der Waals surface area contributed by atoms with E-state index in [1.807, 2.05) is 33.8 Å². The molecule has 1 aromatic carbocycles. The van der Waals surface area contributed by atoms with Gasteiger partial charge < -0.3 is 10.5 Å². The number of methoxy groups -OCH3 is 1. The van der Waals surface area contributed by atoms with Crippen molar-refractivity contribution in [3.63, 3.8) is 0 Å². The van der Waals surface area contributed by atoms with Crippen LogP contribution in [0.4, 0.5) is 0 Å². The van der Waals surface area contributed by atoms with Crippen LogP contribution in [0, 0.1) is 26.7 Å². The summed E-state index contributed by atoms with van der Waals surface area (Å²) in [5, 5.41) is 0. The molecule has 0 aliphatic rings. The van der Waals surface area contributed by atoms with Gasteiger partial charge in [-0.15, -0.1) is 0 Å². The average molecular weight is 249 g/mol. The Labute approximate surface area is 109 Å². The number of nitrogens with two attached hydrogens (primary N) is 1. The van der Waals surface area contributed by atoms with Crippen LogP contribution in [-0.2, 0) is 0 Å². The Morgan fingerprint density at radius 3 is 2.39 bits per heavy atom. The molecule has 1 aromatic rings. The molecule has 0 saturated carbocycles. The molecule has 0 spiro atoms. The van der Waals surface area contributed by atoms with E-state index >= 15 is 0 Å². The molecule has 2 N–H and O–H groups in total. The van der Waals surface area contributed by atoms with Crippen molar-refractivity contribution in [1.82, 2.24) is 0 Å². The minimum Gasteiger partial charge on any atom is -0.496 e. The maximum Gasteiger partial charge on any atom is 0.167 e. The Morgan fingerprint density at radius 2 is 1.94 bits per heavy atom. The summed E-state index contributed by atoms with van der Waals surface area (Å²) in [5.41, 5.74) is 9.46. The molecule has 1 rings (SSSR count). The first-order chi connectivity index (χ1) is 8.47. The van der Waals surface area contributed by atoms with E-state index in [-0.39, 0.29) is 11.7 Å². The standard InChI is InChI=1S/C15H23NO2/c1-6-12(8-16)14(17)13-7-9(2)15(18-5)11(4)10(13)3/h7,12H,6,8,16H2,1-5H3. The van der Waals surface area contributed by atoms with E-state index in [4.69, 9.17) is 10.5 Å². The zero-order valence-electron chi connectivity index (χ0n) is 12.0. The number of hydrogen-bond donors (Lipinski definition) is 1. The molecule has 3 heteroatoms. The second kappa shape index (κ2) is 6.01. The fourth-order valence-corrected chi connectivity index (χ4v) is 2.31. The van der Waals surface area contributed by atoms with Gasteiger partial charge in [-0.1, -0.05) is 6.92 Å². The number of carbonyl (C=O) groups excluding carboxylic acids is 1. The minimum absolute atomic E-state index is 0.0871. The van der Waals surface area contributed by atoms with Gasteiger partial charge in [0.25, 0.3) is 0 Å². The molecule has 3 nitrogen and oxygen atoms in total. The third-order valence-corrected chi connectivity index (χ3v) is 3.64. The lowest BCUT2D eigenvalue weighted by molar-refractivity contribution is 0.0920. The molecular weight excluding hydrogens is 226 g/mol. The highest BCUT2D eigenvalue weighted by atomic mass is 16.5. The lowest BCUT2D eigenvalue weighted by Crippen LogP contribution is -2.24. The Morgan fingerprint density at radius 1 is 1.33 bits per heavy atom. The zero-order chi connectivity index (χ0) is 13.9. The first-order valence-corrected chi connectivity index (χ1v) is 6.36. The SMILES string of the molecule is CCC(CN)C(=O)c1cc(C)c(OC)c(C)c1C. The molecule has 0 bridgehead atoms. The largest absolute Gasteiger partial charge is 0.496 e. The summed E-state index contributed by atoms with van der Waals surface area (Å²) in [6, 6.07) is 1.92. The Hall–Kier alpha value is -1.35. The van der Waals surface area contributed by atoms with Crippen molar-refractivity contribution in [3.8, 4) is 5.75 Å². The van der Waals surface area contributed by atoms with Crippen molar-refractivity contribution < 1.29 is 9.53 Å². The van der Waals surface area contributed by atoms with E-state index in [0.717, 1.165) is 34.4 Å². The summed E-state index contributed by atoms with van der Waals surface area (Å²) in [4.78, 5) is 12.4. The maximum atomic E-state index is 12.4. The van der Waals surface area contributed by atoms with Gasteiger partial charge in [-0.25, -0.2) is 0 Å². The molecule has 0 fully saturated rings. The molecule has 0 aromatic heterocycles. The third-order valence-electron chi connectivity index (χ3n) is 3.64. The molecule has 0 aliphatic heterocycles. The molecule has 0 aliphatic carbocycles. The van der Waals surface area contributed by atoms with Crippen LogP contribution in [0.1, 0.15) is 40.4 Å². The summed E-state index contributed by atoms with van der Waals surface area (Å²) in [5.74, 6) is 0.923. The number of aryl methyl sites for hydroxylation is 1. The van der Waals surface area contributed by atoms with E-state index in [1.165, 1.54) is 0 Å². The van der Waals surface area contributed by atoms with Gasteiger partial charge in [-0.2, -0.15) is 0 Å². The van der Waals surface area contributed by atoms with Crippen LogP contribution in [0.25, 0.3) is 0 Å². The summed E-state index contributed by atoms with van der Waals surface area (Å²) in [7, 11) is 1.66. The topological polar surface area (TPSA) is 52.3 Å². The van der Waals surface area contributed by atoms with Gasteiger partial charge >= 0.3 is 0 Å². The molecule has 0 saturated heterocycles. The van der Waals surface area contributed by atoms with E-state index < -0.39 is 0 Å². The van der Waals surface area contributed by atoms with Gasteiger partial charge in [-0.05, 0) is 49.9 Å². The van der Waals surface area contributed by atoms with Crippen LogP contribution in [0.2, 0.25) is 0 Å². The fraction of sp³-hybridized carbons (Fsp3) is 0.533. The van der Waals surface area contributed by atoms with Crippen LogP contribution in [0.15, 0.2) is 6.07 Å². The van der Waals surface area contributed by atoms with Gasteiger partial charge in [0, 0.05) is 18.0 Å². The van der Waals surface area contributed by atoms with Crippen LogP contribution in [0.3, 0.4) is 0 Å². The van der Waals surface area contributed by atoms with Crippen LogP contribution in [-0.4, -0.2) is 19.4 Å². The highest BCUT2D eigenvalue weighted by Gasteiger charge is 2.21. The molecule has 0 radical (unpaired) electrons.